The molecular weight excluding hydrogens is 296 g/mol. The second-order valence-corrected chi connectivity index (χ2v) is 6.29. The van der Waals surface area contributed by atoms with Gasteiger partial charge in [-0.05, 0) is 17.9 Å². The van der Waals surface area contributed by atoms with Gasteiger partial charge in [-0.3, -0.25) is 4.90 Å². The molecule has 2 aromatic heterocycles. The number of nitrogens with zero attached hydrogens (tertiary/aromatic N) is 3. The lowest BCUT2D eigenvalue weighted by Crippen LogP contribution is -2.41. The quantitative estimate of drug-likeness (QED) is 0.887. The van der Waals surface area contributed by atoms with Crippen LogP contribution in [0.3, 0.4) is 0 Å². The minimum atomic E-state index is 0.365. The molecule has 5 nitrogen and oxygen atoms in total. The Bertz CT molecular complexity index is 569. The number of thiophene rings is 1. The minimum absolute atomic E-state index is 0.365. The van der Waals surface area contributed by atoms with E-state index in [-0.39, 0.29) is 0 Å². The van der Waals surface area contributed by atoms with Gasteiger partial charge in [0.25, 0.3) is 0 Å². The summed E-state index contributed by atoms with van der Waals surface area (Å²) in [6, 6.07) is 6.73. The van der Waals surface area contributed by atoms with Crippen LogP contribution in [-0.2, 0) is 11.2 Å². The molecule has 0 radical (unpaired) electrons. The Morgan fingerprint density at radius 3 is 2.95 bits per heavy atom. The first-order valence-electron chi connectivity index (χ1n) is 7.77. The number of aryl methyl sites for hydroxylation is 1. The molecule has 1 N–H and O–H groups in total. The predicted octanol–water partition coefficient (Wildman–Crippen LogP) is 2.59. The zero-order valence-electron chi connectivity index (χ0n) is 12.9. The first-order valence-corrected chi connectivity index (χ1v) is 8.64. The van der Waals surface area contributed by atoms with Gasteiger partial charge in [0.2, 0.25) is 0 Å². The van der Waals surface area contributed by atoms with Gasteiger partial charge in [-0.2, -0.15) is 0 Å². The van der Waals surface area contributed by atoms with Crippen LogP contribution in [0.1, 0.15) is 23.5 Å². The van der Waals surface area contributed by atoms with Gasteiger partial charge >= 0.3 is 0 Å². The second kappa shape index (κ2) is 7.67. The van der Waals surface area contributed by atoms with E-state index in [4.69, 9.17) is 4.74 Å². The van der Waals surface area contributed by atoms with E-state index in [0.29, 0.717) is 6.04 Å². The lowest BCUT2D eigenvalue weighted by Gasteiger charge is -2.34. The number of ether oxygens (including phenoxy) is 1. The Kier molecular flexibility index (Phi) is 5.37. The molecule has 118 valence electrons. The summed E-state index contributed by atoms with van der Waals surface area (Å²) >= 11 is 1.81. The predicted molar refractivity (Wildman–Crippen MR) is 89.4 cm³/mol. The molecule has 1 aliphatic heterocycles. The van der Waals surface area contributed by atoms with Crippen LogP contribution in [0.15, 0.2) is 29.9 Å². The smallest absolute Gasteiger partial charge is 0.129 e. The number of nitrogens with one attached hydrogen (secondary N) is 1. The average molecular weight is 318 g/mol. The van der Waals surface area contributed by atoms with Gasteiger partial charge in [-0.25, -0.2) is 9.97 Å². The van der Waals surface area contributed by atoms with E-state index in [1.807, 2.05) is 17.4 Å². The van der Waals surface area contributed by atoms with E-state index in [2.05, 4.69) is 44.6 Å². The molecule has 0 amide bonds. The summed E-state index contributed by atoms with van der Waals surface area (Å²) in [6.07, 6.45) is 2.56. The molecule has 1 unspecified atom stereocenters. The summed E-state index contributed by atoms with van der Waals surface area (Å²) < 4.78 is 5.48. The molecule has 22 heavy (non-hydrogen) atoms. The fourth-order valence-electron chi connectivity index (χ4n) is 2.67. The van der Waals surface area contributed by atoms with Gasteiger partial charge in [0.05, 0.1) is 19.3 Å². The van der Waals surface area contributed by atoms with Crippen LogP contribution in [0.2, 0.25) is 0 Å². The summed E-state index contributed by atoms with van der Waals surface area (Å²) in [5.74, 6) is 0.904. The largest absolute Gasteiger partial charge is 0.379 e. The average Bonchev–Trinajstić information content (AvgIpc) is 3.10. The van der Waals surface area contributed by atoms with Crippen LogP contribution < -0.4 is 5.32 Å². The topological polar surface area (TPSA) is 50.3 Å². The van der Waals surface area contributed by atoms with Gasteiger partial charge in [0.1, 0.15) is 12.1 Å². The summed E-state index contributed by atoms with van der Waals surface area (Å²) in [4.78, 5) is 12.5. The van der Waals surface area contributed by atoms with Gasteiger partial charge in [-0.1, -0.05) is 13.0 Å². The molecule has 1 aliphatic rings. The molecule has 0 bridgehead atoms. The Morgan fingerprint density at radius 1 is 1.36 bits per heavy atom. The number of morpholine rings is 1. The number of hydrogen-bond acceptors (Lipinski definition) is 6. The summed E-state index contributed by atoms with van der Waals surface area (Å²) in [5, 5.41) is 5.62. The van der Waals surface area contributed by atoms with Crippen molar-refractivity contribution in [2.75, 3.05) is 38.2 Å². The zero-order chi connectivity index (χ0) is 15.2. The number of hydrogen-bond donors (Lipinski definition) is 1. The third-order valence-corrected chi connectivity index (χ3v) is 4.89. The normalized spacial score (nSPS) is 17.3. The van der Waals surface area contributed by atoms with Crippen molar-refractivity contribution in [1.82, 2.24) is 14.9 Å². The van der Waals surface area contributed by atoms with Crippen molar-refractivity contribution in [3.05, 3.63) is 40.5 Å². The highest BCUT2D eigenvalue weighted by Gasteiger charge is 2.23. The first-order chi connectivity index (χ1) is 10.9. The lowest BCUT2D eigenvalue weighted by atomic mass is 10.2. The Labute approximate surface area is 135 Å². The van der Waals surface area contributed by atoms with E-state index in [1.165, 1.54) is 4.88 Å². The van der Waals surface area contributed by atoms with E-state index in [1.54, 1.807) is 6.33 Å². The zero-order valence-corrected chi connectivity index (χ0v) is 13.7. The summed E-state index contributed by atoms with van der Waals surface area (Å²) in [6.45, 7) is 6.54. The number of aromatic nitrogens is 2. The molecule has 0 aliphatic carbocycles. The van der Waals surface area contributed by atoms with Crippen molar-refractivity contribution in [2.24, 2.45) is 0 Å². The van der Waals surface area contributed by atoms with E-state index in [9.17, 15) is 0 Å². The minimum Gasteiger partial charge on any atom is -0.379 e. The highest BCUT2D eigenvalue weighted by Crippen LogP contribution is 2.26. The van der Waals surface area contributed by atoms with Crippen molar-refractivity contribution in [3.63, 3.8) is 0 Å². The maximum Gasteiger partial charge on any atom is 0.129 e. The van der Waals surface area contributed by atoms with Crippen LogP contribution in [0, 0.1) is 0 Å². The molecule has 2 aromatic rings. The fraction of sp³-hybridized carbons (Fsp3) is 0.500. The second-order valence-electron chi connectivity index (χ2n) is 5.31. The third kappa shape index (κ3) is 3.82. The van der Waals surface area contributed by atoms with Gasteiger partial charge in [-0.15, -0.1) is 11.3 Å². The van der Waals surface area contributed by atoms with Crippen molar-refractivity contribution in [1.29, 1.82) is 0 Å². The van der Waals surface area contributed by atoms with Crippen LogP contribution in [0.25, 0.3) is 0 Å². The van der Waals surface area contributed by atoms with Crippen molar-refractivity contribution in [3.8, 4) is 0 Å². The standard InChI is InChI=1S/C16H22N4OS/c1-2-13-10-16(19-12-18-13)17-11-14(15-4-3-9-22-15)20-5-7-21-8-6-20/h3-4,9-10,12,14H,2,5-8,11H2,1H3,(H,17,18,19). The molecule has 0 spiro atoms. The summed E-state index contributed by atoms with van der Waals surface area (Å²) in [7, 11) is 0. The molecule has 3 rings (SSSR count). The molecular formula is C16H22N4OS. The maximum absolute atomic E-state index is 5.48. The highest BCUT2D eigenvalue weighted by molar-refractivity contribution is 7.10. The van der Waals surface area contributed by atoms with Gasteiger partial charge in [0, 0.05) is 36.3 Å². The third-order valence-electron chi connectivity index (χ3n) is 3.92. The summed E-state index contributed by atoms with van der Waals surface area (Å²) in [5.41, 5.74) is 1.07. The first kappa shape index (κ1) is 15.4. The van der Waals surface area contributed by atoms with Crippen LogP contribution >= 0.6 is 11.3 Å². The van der Waals surface area contributed by atoms with Crippen LogP contribution in [0.4, 0.5) is 5.82 Å². The fourth-order valence-corrected chi connectivity index (χ4v) is 3.53. The molecule has 6 heteroatoms. The lowest BCUT2D eigenvalue weighted by molar-refractivity contribution is 0.0194. The maximum atomic E-state index is 5.48. The Balaban J connectivity index is 1.69. The Morgan fingerprint density at radius 2 is 2.23 bits per heavy atom. The van der Waals surface area contributed by atoms with Crippen LogP contribution in [0.5, 0.6) is 0 Å². The van der Waals surface area contributed by atoms with Crippen molar-refractivity contribution in [2.45, 2.75) is 19.4 Å². The monoisotopic (exact) mass is 318 g/mol. The van der Waals surface area contributed by atoms with Crippen molar-refractivity contribution < 1.29 is 4.74 Å². The number of anilines is 1. The van der Waals surface area contributed by atoms with Crippen molar-refractivity contribution >= 4 is 17.2 Å². The van der Waals surface area contributed by atoms with Crippen LogP contribution in [-0.4, -0.2) is 47.7 Å². The van der Waals surface area contributed by atoms with E-state index in [0.717, 1.165) is 50.8 Å². The number of rotatable bonds is 6. The Hall–Kier alpha value is -1.50. The molecule has 0 aromatic carbocycles. The van der Waals surface area contributed by atoms with Gasteiger partial charge < -0.3 is 10.1 Å². The van der Waals surface area contributed by atoms with E-state index < -0.39 is 0 Å². The molecule has 1 atom stereocenters. The SMILES string of the molecule is CCc1cc(NCC(c2cccs2)N2CCOCC2)ncn1. The molecule has 1 fully saturated rings. The molecule has 3 heterocycles. The molecule has 0 saturated carbocycles. The molecule has 1 saturated heterocycles. The van der Waals surface area contributed by atoms with Gasteiger partial charge in [0.15, 0.2) is 0 Å². The highest BCUT2D eigenvalue weighted by atomic mass is 32.1. The van der Waals surface area contributed by atoms with E-state index >= 15 is 0 Å².